The van der Waals surface area contributed by atoms with Crippen molar-refractivity contribution in [2.45, 2.75) is 58.7 Å². The van der Waals surface area contributed by atoms with E-state index in [1.54, 1.807) is 71.3 Å². The minimum absolute atomic E-state index is 0.0606. The molecule has 4 heterocycles. The number of para-hydroxylation sites is 1. The standard InChI is InChI=1S/C19H17Cl2N3O3.C15H21NO4.C8H10ClN5O3S/c1-13-9-25-19(27-13,10-24-12-22-11-23-24)17-7-6-16(8-18(17)21)26-15-4-2-14(20)3-5-15;1-10-7-6-8-11(2)14(10)16(13(17)9-19-4)12(3)15(18)20-5;1-12-4-17-5-13(8(12)11-14(15)16)3-6-2-10-7(9)18-6/h2-8,11-13H,9-10H2,1H3;6-8,12H,9H2,1-5H3;2H,3-5H2,1H3/b;;11-8+/t;12-;/m.1./s1. The van der Waals surface area contributed by atoms with Crippen molar-refractivity contribution in [3.63, 3.8) is 0 Å². The fourth-order valence-electron chi connectivity index (χ4n) is 6.70. The Bertz CT molecular complexity index is 2390. The molecule has 2 aromatic heterocycles. The van der Waals surface area contributed by atoms with Gasteiger partial charge in [0, 0.05) is 35.8 Å². The highest BCUT2D eigenvalue weighted by Gasteiger charge is 2.44. The molecule has 0 aliphatic carbocycles. The molecular weight excluding hydrogens is 929 g/mol. The average Bonchev–Trinajstić information content (AvgIpc) is 4.03. The molecule has 348 valence electrons. The Morgan fingerprint density at radius 2 is 1.78 bits per heavy atom. The van der Waals surface area contributed by atoms with Gasteiger partial charge in [0.2, 0.25) is 5.79 Å². The van der Waals surface area contributed by atoms with Gasteiger partial charge in [-0.2, -0.15) is 5.10 Å². The Labute approximate surface area is 394 Å². The molecule has 19 nitrogen and oxygen atoms in total. The number of hydrazone groups is 1. The number of nitro groups is 1. The molecule has 5 aromatic rings. The number of amides is 1. The molecule has 3 atom stereocenters. The van der Waals surface area contributed by atoms with Crippen LogP contribution in [0.4, 0.5) is 5.69 Å². The van der Waals surface area contributed by atoms with E-state index in [4.69, 9.17) is 63.2 Å². The number of rotatable bonds is 13. The van der Waals surface area contributed by atoms with Gasteiger partial charge >= 0.3 is 5.97 Å². The van der Waals surface area contributed by atoms with Gasteiger partial charge in [0.05, 0.1) is 37.1 Å². The maximum absolute atomic E-state index is 12.3. The summed E-state index contributed by atoms with van der Waals surface area (Å²) in [6.45, 7) is 9.05. The Balaban J connectivity index is 0.000000188. The molecule has 2 aliphatic rings. The Kier molecular flexibility index (Phi) is 18.4. The first-order valence-electron chi connectivity index (χ1n) is 19.7. The molecule has 1 amide bonds. The number of methoxy groups -OCH3 is 2. The number of halogens is 3. The summed E-state index contributed by atoms with van der Waals surface area (Å²) in [5, 5.41) is 18.4. The highest BCUT2D eigenvalue weighted by Crippen LogP contribution is 2.41. The Hall–Kier alpha value is -5.45. The second-order valence-electron chi connectivity index (χ2n) is 14.5. The number of carbonyl (C=O) groups excluding carboxylic acids is 2. The number of esters is 1. The van der Waals surface area contributed by atoms with Gasteiger partial charge in [0.25, 0.3) is 11.9 Å². The lowest BCUT2D eigenvalue weighted by Gasteiger charge is -2.34. The van der Waals surface area contributed by atoms with Crippen molar-refractivity contribution in [1.29, 1.82) is 0 Å². The molecule has 0 radical (unpaired) electrons. The second kappa shape index (κ2) is 23.7. The summed E-state index contributed by atoms with van der Waals surface area (Å²) in [6, 6.07) is 17.5. The van der Waals surface area contributed by atoms with Gasteiger partial charge in [0.1, 0.15) is 61.9 Å². The third-order valence-corrected chi connectivity index (χ3v) is 11.2. The quantitative estimate of drug-likeness (QED) is 0.0637. The Morgan fingerprint density at radius 3 is 2.35 bits per heavy atom. The third-order valence-electron chi connectivity index (χ3n) is 9.53. The number of carbonyl (C=O) groups is 2. The number of benzene rings is 3. The molecule has 23 heteroatoms. The Morgan fingerprint density at radius 1 is 1.08 bits per heavy atom. The van der Waals surface area contributed by atoms with E-state index in [1.165, 1.54) is 36.8 Å². The summed E-state index contributed by atoms with van der Waals surface area (Å²) >= 11 is 19.5. The lowest BCUT2D eigenvalue weighted by Crippen LogP contribution is -2.49. The van der Waals surface area contributed by atoms with E-state index in [-0.39, 0.29) is 38.0 Å². The van der Waals surface area contributed by atoms with Gasteiger partial charge in [-0.15, -0.1) is 11.3 Å². The van der Waals surface area contributed by atoms with Crippen LogP contribution in [0, 0.1) is 24.0 Å². The fraction of sp³-hybridized carbons (Fsp3) is 0.381. The number of hydrogen-bond donors (Lipinski definition) is 0. The smallest absolute Gasteiger partial charge is 0.328 e. The highest BCUT2D eigenvalue weighted by atomic mass is 35.5. The van der Waals surface area contributed by atoms with Crippen LogP contribution in [0.5, 0.6) is 11.5 Å². The molecule has 7 rings (SSSR count). The molecule has 0 N–H and O–H groups in total. The van der Waals surface area contributed by atoms with Crippen LogP contribution in [0.2, 0.25) is 14.5 Å². The van der Waals surface area contributed by atoms with Gasteiger partial charge in [-0.25, -0.2) is 29.6 Å². The second-order valence-corrected chi connectivity index (χ2v) is 17.0. The zero-order valence-corrected chi connectivity index (χ0v) is 39.6. The minimum Gasteiger partial charge on any atom is -0.467 e. The first-order chi connectivity index (χ1) is 31.0. The van der Waals surface area contributed by atoms with Crippen molar-refractivity contribution in [3.05, 3.63) is 126 Å². The number of anilines is 1. The summed E-state index contributed by atoms with van der Waals surface area (Å²) in [4.78, 5) is 48.0. The predicted octanol–water partition coefficient (Wildman–Crippen LogP) is 7.53. The van der Waals surface area contributed by atoms with Crippen molar-refractivity contribution < 1.29 is 43.0 Å². The van der Waals surface area contributed by atoms with Gasteiger partial charge in [-0.1, -0.05) is 53.0 Å². The average molecular weight is 977 g/mol. The lowest BCUT2D eigenvalue weighted by atomic mass is 10.1. The summed E-state index contributed by atoms with van der Waals surface area (Å²) < 4.78 is 35.0. The number of guanidine groups is 1. The zero-order chi connectivity index (χ0) is 47.3. The first-order valence-corrected chi connectivity index (χ1v) is 21.7. The van der Waals surface area contributed by atoms with Crippen molar-refractivity contribution in [3.8, 4) is 11.5 Å². The van der Waals surface area contributed by atoms with Crippen LogP contribution in [-0.4, -0.2) is 113 Å². The van der Waals surface area contributed by atoms with E-state index in [0.29, 0.717) is 51.3 Å². The van der Waals surface area contributed by atoms with E-state index < -0.39 is 22.8 Å². The van der Waals surface area contributed by atoms with E-state index in [9.17, 15) is 19.7 Å². The van der Waals surface area contributed by atoms with E-state index >= 15 is 0 Å². The van der Waals surface area contributed by atoms with Crippen LogP contribution < -0.4 is 9.64 Å². The monoisotopic (exact) mass is 975 g/mol. The van der Waals surface area contributed by atoms with E-state index in [2.05, 4.69) is 20.2 Å². The number of ether oxygens (including phenoxy) is 6. The summed E-state index contributed by atoms with van der Waals surface area (Å²) in [5.74, 6) is -0.227. The molecule has 2 unspecified atom stereocenters. The molecular formula is C42H48Cl3N9O10S. The zero-order valence-electron chi connectivity index (χ0n) is 36.6. The molecule has 3 aromatic carbocycles. The van der Waals surface area contributed by atoms with Crippen LogP contribution in [-0.2, 0) is 52.2 Å². The molecule has 0 spiro atoms. The highest BCUT2D eigenvalue weighted by molar-refractivity contribution is 7.15. The van der Waals surface area contributed by atoms with Crippen molar-refractivity contribution in [2.24, 2.45) is 5.10 Å². The summed E-state index contributed by atoms with van der Waals surface area (Å²) in [5.41, 5.74) is 3.29. The lowest BCUT2D eigenvalue weighted by molar-refractivity contribution is -0.486. The number of nitrogens with zero attached hydrogens (tertiary/aromatic N) is 9. The van der Waals surface area contributed by atoms with E-state index in [1.807, 2.05) is 51.1 Å². The third kappa shape index (κ3) is 13.8. The largest absolute Gasteiger partial charge is 0.467 e. The summed E-state index contributed by atoms with van der Waals surface area (Å²) in [7, 11) is 4.43. The molecule has 0 bridgehead atoms. The van der Waals surface area contributed by atoms with Crippen LogP contribution in [0.1, 0.15) is 35.4 Å². The van der Waals surface area contributed by atoms with Gasteiger partial charge in [-0.3, -0.25) is 9.69 Å². The number of aromatic nitrogens is 4. The molecule has 2 fully saturated rings. The maximum atomic E-state index is 12.3. The van der Waals surface area contributed by atoms with Crippen molar-refractivity contribution in [1.82, 2.24) is 29.5 Å². The van der Waals surface area contributed by atoms with Crippen LogP contribution in [0.25, 0.3) is 0 Å². The van der Waals surface area contributed by atoms with Gasteiger partial charge in [-0.05, 0) is 81.3 Å². The molecule has 2 aliphatic heterocycles. The van der Waals surface area contributed by atoms with Crippen LogP contribution in [0.15, 0.2) is 84.6 Å². The SMILES string of the molecule is CC1COC(Cn2cncn2)(c2ccc(Oc3ccc(Cl)cc3)cc2Cl)O1.CN1COCN(Cc2cnc(Cl)s2)/C1=N/[N+](=O)[O-].COCC(=O)N(c1c(C)cccc1C)[C@H](C)C(=O)OC. The molecule has 65 heavy (non-hydrogen) atoms. The fourth-order valence-corrected chi connectivity index (χ4v) is 8.13. The van der Waals surface area contributed by atoms with Gasteiger partial charge < -0.3 is 38.2 Å². The van der Waals surface area contributed by atoms with Crippen LogP contribution >= 0.6 is 46.1 Å². The van der Waals surface area contributed by atoms with Crippen molar-refractivity contribution in [2.75, 3.05) is 52.8 Å². The topological polar surface area (TPSA) is 198 Å². The molecule has 0 saturated carbocycles. The minimum atomic E-state index is -1.02. The first kappa shape index (κ1) is 50.5. The normalized spacial score (nSPS) is 17.9. The van der Waals surface area contributed by atoms with Crippen LogP contribution in [0.3, 0.4) is 0 Å². The predicted molar refractivity (Wildman–Crippen MR) is 244 cm³/mol. The number of aryl methyl sites for hydroxylation is 2. The van der Waals surface area contributed by atoms with E-state index in [0.717, 1.165) is 21.7 Å². The summed E-state index contributed by atoms with van der Waals surface area (Å²) in [6.07, 6.45) is 4.65. The number of hydrogen-bond acceptors (Lipinski definition) is 14. The maximum Gasteiger partial charge on any atom is 0.328 e. The number of thiazole rings is 1. The van der Waals surface area contributed by atoms with Crippen molar-refractivity contribution >= 4 is 69.7 Å². The van der Waals surface area contributed by atoms with Gasteiger partial charge in [0.15, 0.2) is 9.50 Å². The molecule has 2 saturated heterocycles.